The smallest absolute Gasteiger partial charge is 0.0813 e. The van der Waals surface area contributed by atoms with Gasteiger partial charge in [0.25, 0.3) is 0 Å². The molecule has 2 nitrogen and oxygen atoms in total. The summed E-state index contributed by atoms with van der Waals surface area (Å²) in [5, 5.41) is 0. The van der Waals surface area contributed by atoms with Crippen molar-refractivity contribution in [2.45, 2.75) is 18.9 Å². The van der Waals surface area contributed by atoms with E-state index in [0.717, 1.165) is 25.7 Å². The van der Waals surface area contributed by atoms with Crippen LogP contribution in [0.2, 0.25) is 0 Å². The summed E-state index contributed by atoms with van der Waals surface area (Å²) in [5.74, 6) is 0.803. The summed E-state index contributed by atoms with van der Waals surface area (Å²) in [5.41, 5.74) is 0. The van der Waals surface area contributed by atoms with E-state index in [9.17, 15) is 0 Å². The van der Waals surface area contributed by atoms with Gasteiger partial charge in [0, 0.05) is 13.2 Å². The predicted octanol–water partition coefficient (Wildman–Crippen LogP) is 0.812. The molecule has 52 valence electrons. The van der Waals surface area contributed by atoms with E-state index in [1.165, 1.54) is 12.8 Å². The summed E-state index contributed by atoms with van der Waals surface area (Å²) in [6, 6.07) is 0. The predicted molar refractivity (Wildman–Crippen MR) is 33.3 cm³/mol. The average Bonchev–Trinajstić information content (AvgIpc) is 2.46. The number of ether oxygens (including phenoxy) is 2. The Balaban J connectivity index is 1.70. The highest BCUT2D eigenvalue weighted by Crippen LogP contribution is 2.24. The average molecular weight is 128 g/mol. The zero-order chi connectivity index (χ0) is 6.10. The monoisotopic (exact) mass is 128 g/mol. The molecule has 2 aliphatic rings. The maximum atomic E-state index is 5.23. The lowest BCUT2D eigenvalue weighted by Crippen LogP contribution is -2.02. The minimum atomic E-state index is 0.594. The molecule has 0 N–H and O–H groups in total. The molecule has 0 amide bonds. The molecular weight excluding hydrogens is 116 g/mol. The molecule has 0 unspecified atom stereocenters. The van der Waals surface area contributed by atoms with E-state index in [-0.39, 0.29) is 0 Å². The van der Waals surface area contributed by atoms with Crippen molar-refractivity contribution in [2.75, 3.05) is 19.8 Å². The van der Waals surface area contributed by atoms with Gasteiger partial charge in [0.1, 0.15) is 0 Å². The van der Waals surface area contributed by atoms with Gasteiger partial charge in [-0.05, 0) is 18.8 Å². The Bertz CT molecular complexity index is 93.1. The van der Waals surface area contributed by atoms with Crippen LogP contribution in [0, 0.1) is 5.92 Å². The molecule has 0 aliphatic carbocycles. The van der Waals surface area contributed by atoms with Crippen molar-refractivity contribution in [1.82, 2.24) is 0 Å². The lowest BCUT2D eigenvalue weighted by molar-refractivity contribution is 0.181. The molecule has 0 aromatic carbocycles. The van der Waals surface area contributed by atoms with Crippen molar-refractivity contribution in [3.63, 3.8) is 0 Å². The highest BCUT2D eigenvalue weighted by Gasteiger charge is 2.28. The molecular formula is C7H12O2. The van der Waals surface area contributed by atoms with Gasteiger partial charge >= 0.3 is 0 Å². The number of hydrogen-bond acceptors (Lipinski definition) is 2. The quantitative estimate of drug-likeness (QED) is 0.513. The molecule has 2 fully saturated rings. The van der Waals surface area contributed by atoms with Crippen molar-refractivity contribution in [2.24, 2.45) is 5.92 Å². The molecule has 2 atom stereocenters. The zero-order valence-corrected chi connectivity index (χ0v) is 5.51. The first kappa shape index (κ1) is 5.69. The van der Waals surface area contributed by atoms with Crippen LogP contribution in [0.4, 0.5) is 0 Å². The van der Waals surface area contributed by atoms with Gasteiger partial charge in [0.15, 0.2) is 0 Å². The second-order valence-corrected chi connectivity index (χ2v) is 2.92. The zero-order valence-electron chi connectivity index (χ0n) is 5.51. The van der Waals surface area contributed by atoms with Gasteiger partial charge < -0.3 is 9.47 Å². The SMILES string of the molecule is C1C[C@H](C[C@@H]2CO2)CO1. The van der Waals surface area contributed by atoms with Crippen LogP contribution in [-0.4, -0.2) is 25.9 Å². The molecule has 0 aromatic rings. The Morgan fingerprint density at radius 3 is 2.78 bits per heavy atom. The fourth-order valence-corrected chi connectivity index (χ4v) is 1.35. The topological polar surface area (TPSA) is 21.8 Å². The van der Waals surface area contributed by atoms with E-state index in [2.05, 4.69) is 0 Å². The third-order valence-electron chi connectivity index (χ3n) is 2.02. The largest absolute Gasteiger partial charge is 0.381 e. The Labute approximate surface area is 55.1 Å². The first-order valence-corrected chi connectivity index (χ1v) is 3.64. The Kier molecular flexibility index (Phi) is 1.44. The molecule has 0 spiro atoms. The van der Waals surface area contributed by atoms with E-state index in [4.69, 9.17) is 9.47 Å². The molecule has 0 saturated carbocycles. The highest BCUT2D eigenvalue weighted by atomic mass is 16.6. The molecule has 2 aliphatic heterocycles. The maximum Gasteiger partial charge on any atom is 0.0813 e. The minimum absolute atomic E-state index is 0.594. The van der Waals surface area contributed by atoms with E-state index < -0.39 is 0 Å². The highest BCUT2D eigenvalue weighted by molar-refractivity contribution is 4.75. The number of rotatable bonds is 2. The lowest BCUT2D eigenvalue weighted by atomic mass is 10.0. The van der Waals surface area contributed by atoms with Crippen LogP contribution >= 0.6 is 0 Å². The Hall–Kier alpha value is -0.0800. The van der Waals surface area contributed by atoms with Gasteiger partial charge in [-0.1, -0.05) is 0 Å². The normalized spacial score (nSPS) is 41.3. The summed E-state index contributed by atoms with van der Waals surface area (Å²) in [4.78, 5) is 0. The van der Waals surface area contributed by atoms with Gasteiger partial charge in [-0.3, -0.25) is 0 Å². The number of hydrogen-bond donors (Lipinski definition) is 0. The second kappa shape index (κ2) is 2.27. The molecule has 0 aromatic heterocycles. The molecule has 0 bridgehead atoms. The van der Waals surface area contributed by atoms with Crippen molar-refractivity contribution >= 4 is 0 Å². The first-order valence-electron chi connectivity index (χ1n) is 3.64. The van der Waals surface area contributed by atoms with Gasteiger partial charge in [0.05, 0.1) is 12.7 Å². The van der Waals surface area contributed by atoms with Crippen molar-refractivity contribution in [1.29, 1.82) is 0 Å². The first-order chi connectivity index (χ1) is 4.45. The van der Waals surface area contributed by atoms with Crippen LogP contribution in [0.5, 0.6) is 0 Å². The molecule has 2 heterocycles. The van der Waals surface area contributed by atoms with Crippen LogP contribution in [0.1, 0.15) is 12.8 Å². The van der Waals surface area contributed by atoms with Gasteiger partial charge in [-0.15, -0.1) is 0 Å². The summed E-state index contributed by atoms with van der Waals surface area (Å²) < 4.78 is 10.3. The van der Waals surface area contributed by atoms with E-state index in [1.54, 1.807) is 0 Å². The third-order valence-corrected chi connectivity index (χ3v) is 2.02. The molecule has 9 heavy (non-hydrogen) atoms. The summed E-state index contributed by atoms with van der Waals surface area (Å²) >= 11 is 0. The molecule has 2 saturated heterocycles. The maximum absolute atomic E-state index is 5.23. The van der Waals surface area contributed by atoms with Crippen molar-refractivity contribution < 1.29 is 9.47 Å². The summed E-state index contributed by atoms with van der Waals surface area (Å²) in [7, 11) is 0. The summed E-state index contributed by atoms with van der Waals surface area (Å²) in [6.45, 7) is 2.94. The summed E-state index contributed by atoms with van der Waals surface area (Å²) in [6.07, 6.45) is 3.08. The standard InChI is InChI=1S/C7H12O2/c1-2-8-4-6(1)3-7-5-9-7/h6-7H,1-5H2/t6-,7-/m1/s1. The van der Waals surface area contributed by atoms with E-state index in [1.807, 2.05) is 0 Å². The van der Waals surface area contributed by atoms with E-state index in [0.29, 0.717) is 6.10 Å². The van der Waals surface area contributed by atoms with Crippen molar-refractivity contribution in [3.8, 4) is 0 Å². The van der Waals surface area contributed by atoms with Gasteiger partial charge in [-0.25, -0.2) is 0 Å². The van der Waals surface area contributed by atoms with Crippen LogP contribution in [0.25, 0.3) is 0 Å². The fraction of sp³-hybridized carbons (Fsp3) is 1.00. The Morgan fingerprint density at radius 2 is 2.22 bits per heavy atom. The molecule has 2 rings (SSSR count). The number of epoxide rings is 1. The van der Waals surface area contributed by atoms with Crippen LogP contribution in [0.15, 0.2) is 0 Å². The second-order valence-electron chi connectivity index (χ2n) is 2.92. The van der Waals surface area contributed by atoms with E-state index >= 15 is 0 Å². The fourth-order valence-electron chi connectivity index (χ4n) is 1.35. The third kappa shape index (κ3) is 1.43. The van der Waals surface area contributed by atoms with Crippen LogP contribution in [0.3, 0.4) is 0 Å². The minimum Gasteiger partial charge on any atom is -0.381 e. The van der Waals surface area contributed by atoms with Crippen LogP contribution in [-0.2, 0) is 9.47 Å². The molecule has 0 radical (unpaired) electrons. The van der Waals surface area contributed by atoms with Gasteiger partial charge in [0.2, 0.25) is 0 Å². The van der Waals surface area contributed by atoms with Gasteiger partial charge in [-0.2, -0.15) is 0 Å². The van der Waals surface area contributed by atoms with Crippen LogP contribution < -0.4 is 0 Å². The Morgan fingerprint density at radius 1 is 1.33 bits per heavy atom. The lowest BCUT2D eigenvalue weighted by Gasteiger charge is -2.01. The molecule has 2 heteroatoms. The van der Waals surface area contributed by atoms with Crippen molar-refractivity contribution in [3.05, 3.63) is 0 Å².